The highest BCUT2D eigenvalue weighted by Gasteiger charge is 2.11. The Morgan fingerprint density at radius 1 is 0.833 bits per heavy atom. The fourth-order valence-corrected chi connectivity index (χ4v) is 2.84. The largest absolute Gasteiger partial charge is 0.348 e. The van der Waals surface area contributed by atoms with Crippen LogP contribution in [-0.2, 0) is 6.54 Å². The molecule has 0 saturated carbocycles. The zero-order valence-electron chi connectivity index (χ0n) is 15.9. The minimum atomic E-state index is -0.310. The fourth-order valence-electron chi connectivity index (χ4n) is 2.84. The molecule has 0 bridgehead atoms. The molecule has 0 radical (unpaired) electrons. The van der Waals surface area contributed by atoms with Gasteiger partial charge in [-0.2, -0.15) is 5.10 Å². The molecule has 8 heteroatoms. The maximum atomic E-state index is 12.5. The van der Waals surface area contributed by atoms with Gasteiger partial charge in [0.2, 0.25) is 0 Å². The van der Waals surface area contributed by atoms with Crippen LogP contribution in [0.1, 0.15) is 26.4 Å². The van der Waals surface area contributed by atoms with Gasteiger partial charge >= 0.3 is 0 Å². The molecule has 0 aliphatic heterocycles. The van der Waals surface area contributed by atoms with E-state index in [1.54, 1.807) is 71.9 Å². The topological polar surface area (TPSA) is 102 Å². The normalized spacial score (nSPS) is 10.4. The summed E-state index contributed by atoms with van der Waals surface area (Å²) in [6.45, 7) is 0.306. The van der Waals surface area contributed by atoms with Gasteiger partial charge in [-0.3, -0.25) is 14.6 Å². The summed E-state index contributed by atoms with van der Waals surface area (Å²) in [6, 6.07) is 17.3. The highest BCUT2D eigenvalue weighted by Crippen LogP contribution is 2.13. The molecular weight excluding hydrogens is 380 g/mol. The summed E-state index contributed by atoms with van der Waals surface area (Å²) >= 11 is 0. The molecule has 8 nitrogen and oxygen atoms in total. The summed E-state index contributed by atoms with van der Waals surface area (Å²) < 4.78 is 1.65. The van der Waals surface area contributed by atoms with E-state index in [0.29, 0.717) is 29.3 Å². The highest BCUT2D eigenvalue weighted by molar-refractivity contribution is 6.03. The van der Waals surface area contributed by atoms with Crippen molar-refractivity contribution in [1.29, 1.82) is 0 Å². The molecule has 148 valence electrons. The summed E-state index contributed by atoms with van der Waals surface area (Å²) in [6.07, 6.45) is 6.71. The van der Waals surface area contributed by atoms with Crippen molar-refractivity contribution in [2.45, 2.75) is 6.54 Å². The van der Waals surface area contributed by atoms with Gasteiger partial charge in [-0.15, -0.1) is 0 Å². The highest BCUT2D eigenvalue weighted by atomic mass is 16.2. The second-order valence-electron chi connectivity index (χ2n) is 6.37. The number of carbonyl (C=O) groups is 2. The van der Waals surface area contributed by atoms with Gasteiger partial charge in [-0.25, -0.2) is 9.67 Å². The average molecular weight is 398 g/mol. The minimum absolute atomic E-state index is 0.229. The van der Waals surface area contributed by atoms with Gasteiger partial charge in [0.25, 0.3) is 11.8 Å². The van der Waals surface area contributed by atoms with E-state index < -0.39 is 0 Å². The van der Waals surface area contributed by atoms with Gasteiger partial charge in [-0.05, 0) is 48.5 Å². The number of nitrogens with one attached hydrogen (secondary N) is 2. The molecule has 0 aliphatic carbocycles. The number of amides is 2. The maximum absolute atomic E-state index is 12.5. The van der Waals surface area contributed by atoms with Gasteiger partial charge < -0.3 is 10.6 Å². The number of benzene rings is 1. The van der Waals surface area contributed by atoms with E-state index in [9.17, 15) is 9.59 Å². The van der Waals surface area contributed by atoms with Crippen LogP contribution in [0.15, 0.2) is 85.5 Å². The van der Waals surface area contributed by atoms with Gasteiger partial charge in [0.05, 0.1) is 0 Å². The number of pyridine rings is 2. The van der Waals surface area contributed by atoms with Crippen LogP contribution in [0, 0.1) is 0 Å². The molecule has 0 saturated heterocycles. The van der Waals surface area contributed by atoms with Crippen molar-refractivity contribution in [3.8, 4) is 5.82 Å². The summed E-state index contributed by atoms with van der Waals surface area (Å²) in [5, 5.41) is 9.83. The third-order valence-electron chi connectivity index (χ3n) is 4.33. The third kappa shape index (κ3) is 4.39. The zero-order valence-corrected chi connectivity index (χ0v) is 15.9. The van der Waals surface area contributed by atoms with E-state index in [2.05, 4.69) is 25.7 Å². The summed E-state index contributed by atoms with van der Waals surface area (Å²) in [7, 11) is 0. The first-order chi connectivity index (χ1) is 14.7. The Morgan fingerprint density at radius 2 is 1.67 bits per heavy atom. The second-order valence-corrected chi connectivity index (χ2v) is 6.37. The Balaban J connectivity index is 1.39. The Morgan fingerprint density at radius 3 is 2.40 bits per heavy atom. The van der Waals surface area contributed by atoms with E-state index >= 15 is 0 Å². The lowest BCUT2D eigenvalue weighted by Crippen LogP contribution is -2.24. The predicted molar refractivity (Wildman–Crippen MR) is 111 cm³/mol. The number of carbonyl (C=O) groups excluding carboxylic acids is 2. The van der Waals surface area contributed by atoms with E-state index in [1.807, 2.05) is 18.2 Å². The van der Waals surface area contributed by atoms with Gasteiger partial charge in [0.15, 0.2) is 5.82 Å². The Bertz CT molecular complexity index is 1140. The van der Waals surface area contributed by atoms with Crippen LogP contribution < -0.4 is 10.6 Å². The zero-order chi connectivity index (χ0) is 20.8. The van der Waals surface area contributed by atoms with Crippen LogP contribution in [0.4, 0.5) is 5.69 Å². The summed E-state index contributed by atoms with van der Waals surface area (Å²) in [5.41, 5.74) is 2.23. The monoisotopic (exact) mass is 398 g/mol. The minimum Gasteiger partial charge on any atom is -0.348 e. The number of hydrogen-bond donors (Lipinski definition) is 2. The van der Waals surface area contributed by atoms with Crippen LogP contribution in [0.5, 0.6) is 0 Å². The number of aromatic nitrogens is 4. The molecular formula is C22H18N6O2. The molecule has 2 N–H and O–H groups in total. The first-order valence-electron chi connectivity index (χ1n) is 9.25. The molecule has 1 aromatic carbocycles. The standard InChI is InChI=1S/C22H18N6O2/c29-21(25-15-17-5-3-12-24-20(17)28-14-4-13-26-28)16-7-9-18(10-8-16)27-22(30)19-6-1-2-11-23-19/h1-14H,15H2,(H,25,29)(H,27,30). The van der Waals surface area contributed by atoms with Crippen molar-refractivity contribution in [2.24, 2.45) is 0 Å². The molecule has 0 atom stereocenters. The van der Waals surface area contributed by atoms with Gasteiger partial charge in [0.1, 0.15) is 5.69 Å². The molecule has 4 aromatic rings. The van der Waals surface area contributed by atoms with E-state index in [1.165, 1.54) is 0 Å². The third-order valence-corrected chi connectivity index (χ3v) is 4.33. The lowest BCUT2D eigenvalue weighted by atomic mass is 10.1. The second kappa shape index (κ2) is 8.78. The Kier molecular flexibility index (Phi) is 5.56. The molecule has 3 aromatic heterocycles. The van der Waals surface area contributed by atoms with Crippen LogP contribution in [0.25, 0.3) is 5.82 Å². The van der Waals surface area contributed by atoms with Crippen LogP contribution in [0.3, 0.4) is 0 Å². The quantitative estimate of drug-likeness (QED) is 0.520. The number of hydrogen-bond acceptors (Lipinski definition) is 5. The number of anilines is 1. The van der Waals surface area contributed by atoms with E-state index in [4.69, 9.17) is 0 Å². The lowest BCUT2D eigenvalue weighted by molar-refractivity contribution is 0.0950. The first kappa shape index (κ1) is 19.0. The molecule has 0 unspecified atom stereocenters. The van der Waals surface area contributed by atoms with Crippen LogP contribution >= 0.6 is 0 Å². The van der Waals surface area contributed by atoms with E-state index in [-0.39, 0.29) is 11.8 Å². The van der Waals surface area contributed by atoms with Gasteiger partial charge in [-0.1, -0.05) is 12.1 Å². The molecule has 2 amide bonds. The van der Waals surface area contributed by atoms with Crippen molar-refractivity contribution in [3.63, 3.8) is 0 Å². The molecule has 0 fully saturated rings. The molecule has 0 aliphatic rings. The average Bonchev–Trinajstić information content (AvgIpc) is 3.33. The predicted octanol–water partition coefficient (Wildman–Crippen LogP) is 2.84. The molecule has 3 heterocycles. The Hall–Kier alpha value is -4.33. The first-order valence-corrected chi connectivity index (χ1v) is 9.25. The van der Waals surface area contributed by atoms with Crippen molar-refractivity contribution >= 4 is 17.5 Å². The molecule has 4 rings (SSSR count). The van der Waals surface area contributed by atoms with Gasteiger partial charge in [0, 0.05) is 48.1 Å². The van der Waals surface area contributed by atoms with E-state index in [0.717, 1.165) is 5.56 Å². The maximum Gasteiger partial charge on any atom is 0.274 e. The molecule has 30 heavy (non-hydrogen) atoms. The van der Waals surface area contributed by atoms with Crippen molar-refractivity contribution in [2.75, 3.05) is 5.32 Å². The Labute approximate surface area is 172 Å². The number of nitrogens with zero attached hydrogens (tertiary/aromatic N) is 4. The SMILES string of the molecule is O=C(NCc1cccnc1-n1cccn1)c1ccc(NC(=O)c2ccccn2)cc1. The lowest BCUT2D eigenvalue weighted by Gasteiger charge is -2.10. The number of rotatable bonds is 6. The molecule has 0 spiro atoms. The van der Waals surface area contributed by atoms with Crippen molar-refractivity contribution < 1.29 is 9.59 Å². The van der Waals surface area contributed by atoms with Crippen molar-refractivity contribution in [3.05, 3.63) is 102 Å². The fraction of sp³-hybridized carbons (Fsp3) is 0.0455. The van der Waals surface area contributed by atoms with Crippen LogP contribution in [-0.4, -0.2) is 31.6 Å². The smallest absolute Gasteiger partial charge is 0.274 e. The summed E-state index contributed by atoms with van der Waals surface area (Å²) in [5.74, 6) is 0.124. The van der Waals surface area contributed by atoms with Crippen LogP contribution in [0.2, 0.25) is 0 Å². The van der Waals surface area contributed by atoms with Crippen molar-refractivity contribution in [1.82, 2.24) is 25.1 Å². The summed E-state index contributed by atoms with van der Waals surface area (Å²) in [4.78, 5) is 33.0.